The van der Waals surface area contributed by atoms with Crippen LogP contribution in [0.25, 0.3) is 50.0 Å². The third-order valence-corrected chi connectivity index (χ3v) is 8.30. The first kappa shape index (κ1) is 19.3. The standard InChI is InChI=1S/C33H19N3O/c37-31-24-13-4-8-18-28(24)34-32-35(31)29-19-9-14-23-22-12-3-7-17-27(22)33(36(32)30(23)29)25-15-5-1-10-20(25)21-11-2-6-16-26(21)33/h1-19H. The quantitative estimate of drug-likeness (QED) is 0.249. The molecule has 1 aliphatic heterocycles. The molecule has 9 rings (SSSR count). The van der Waals surface area contributed by atoms with Crippen molar-refractivity contribution in [1.29, 1.82) is 0 Å². The number of imidazole rings is 1. The summed E-state index contributed by atoms with van der Waals surface area (Å²) in [6, 6.07) is 40.0. The number of nitrogens with zero attached hydrogens (tertiary/aromatic N) is 3. The van der Waals surface area contributed by atoms with Gasteiger partial charge >= 0.3 is 0 Å². The van der Waals surface area contributed by atoms with Crippen LogP contribution in [0.2, 0.25) is 0 Å². The van der Waals surface area contributed by atoms with E-state index in [-0.39, 0.29) is 5.56 Å². The van der Waals surface area contributed by atoms with Crippen LogP contribution in [0.15, 0.2) is 120 Å². The van der Waals surface area contributed by atoms with Crippen LogP contribution in [-0.2, 0) is 5.54 Å². The van der Waals surface area contributed by atoms with Crippen molar-refractivity contribution in [3.8, 4) is 22.3 Å². The van der Waals surface area contributed by atoms with E-state index in [1.807, 2.05) is 34.7 Å². The van der Waals surface area contributed by atoms with Crippen molar-refractivity contribution in [3.05, 3.63) is 142 Å². The Labute approximate surface area is 211 Å². The molecule has 5 aromatic carbocycles. The molecule has 0 N–H and O–H groups in total. The van der Waals surface area contributed by atoms with Gasteiger partial charge in [0.15, 0.2) is 0 Å². The molecule has 4 nitrogen and oxygen atoms in total. The zero-order valence-electron chi connectivity index (χ0n) is 19.7. The Morgan fingerprint density at radius 1 is 0.568 bits per heavy atom. The van der Waals surface area contributed by atoms with Crippen LogP contribution in [0.3, 0.4) is 0 Å². The molecule has 0 saturated heterocycles. The lowest BCUT2D eigenvalue weighted by molar-refractivity contribution is 0.552. The third-order valence-electron chi connectivity index (χ3n) is 8.30. The maximum atomic E-state index is 14.0. The first-order valence-corrected chi connectivity index (χ1v) is 12.5. The molecule has 37 heavy (non-hydrogen) atoms. The number of aromatic nitrogens is 3. The van der Waals surface area contributed by atoms with E-state index in [1.165, 1.54) is 33.4 Å². The largest absolute Gasteiger partial charge is 0.290 e. The van der Waals surface area contributed by atoms with Gasteiger partial charge in [0.2, 0.25) is 5.78 Å². The van der Waals surface area contributed by atoms with Crippen LogP contribution in [0.5, 0.6) is 0 Å². The average Bonchev–Trinajstić information content (AvgIpc) is 3.44. The minimum atomic E-state index is -0.660. The van der Waals surface area contributed by atoms with Crippen LogP contribution >= 0.6 is 0 Å². The molecule has 1 aliphatic carbocycles. The van der Waals surface area contributed by atoms with Crippen molar-refractivity contribution < 1.29 is 0 Å². The molecule has 0 amide bonds. The Morgan fingerprint density at radius 3 is 1.78 bits per heavy atom. The Morgan fingerprint density at radius 2 is 1.11 bits per heavy atom. The maximum absolute atomic E-state index is 14.0. The van der Waals surface area contributed by atoms with Crippen molar-refractivity contribution in [1.82, 2.24) is 14.0 Å². The van der Waals surface area contributed by atoms with Gasteiger partial charge < -0.3 is 0 Å². The van der Waals surface area contributed by atoms with E-state index in [4.69, 9.17) is 4.98 Å². The maximum Gasteiger partial charge on any atom is 0.267 e. The zero-order chi connectivity index (χ0) is 24.3. The number of benzene rings is 5. The average molecular weight is 474 g/mol. The summed E-state index contributed by atoms with van der Waals surface area (Å²) in [6.07, 6.45) is 0. The number of hydrogen-bond donors (Lipinski definition) is 0. The normalized spacial score (nSPS) is 14.3. The summed E-state index contributed by atoms with van der Waals surface area (Å²) >= 11 is 0. The summed E-state index contributed by atoms with van der Waals surface area (Å²) in [5.74, 6) is 0.659. The first-order chi connectivity index (χ1) is 18.3. The molecule has 2 aliphatic rings. The second-order valence-electron chi connectivity index (χ2n) is 9.93. The van der Waals surface area contributed by atoms with Crippen molar-refractivity contribution in [3.63, 3.8) is 0 Å². The van der Waals surface area contributed by atoms with E-state index in [0.29, 0.717) is 16.7 Å². The van der Waals surface area contributed by atoms with Gasteiger partial charge in [-0.1, -0.05) is 97.1 Å². The molecular formula is C33H19N3O. The summed E-state index contributed by atoms with van der Waals surface area (Å²) in [4.78, 5) is 19.2. The van der Waals surface area contributed by atoms with Gasteiger partial charge in [-0.2, -0.15) is 0 Å². The Kier molecular flexibility index (Phi) is 3.34. The van der Waals surface area contributed by atoms with Crippen LogP contribution in [-0.4, -0.2) is 14.0 Å². The zero-order valence-corrected chi connectivity index (χ0v) is 19.7. The Hall–Kier alpha value is -4.96. The van der Waals surface area contributed by atoms with Gasteiger partial charge in [0, 0.05) is 5.56 Å². The van der Waals surface area contributed by atoms with Gasteiger partial charge in [-0.15, -0.1) is 0 Å². The van der Waals surface area contributed by atoms with E-state index >= 15 is 0 Å². The highest BCUT2D eigenvalue weighted by atomic mass is 16.1. The van der Waals surface area contributed by atoms with Crippen LogP contribution in [0.4, 0.5) is 0 Å². The summed E-state index contributed by atoms with van der Waals surface area (Å²) in [5.41, 5.74) is 10.3. The summed E-state index contributed by atoms with van der Waals surface area (Å²) in [7, 11) is 0. The molecule has 0 bridgehead atoms. The first-order valence-electron chi connectivity index (χ1n) is 12.5. The Balaban J connectivity index is 1.65. The molecule has 4 heteroatoms. The minimum absolute atomic E-state index is 0.0397. The second kappa shape index (κ2) is 6.42. The lowest BCUT2D eigenvalue weighted by Gasteiger charge is -2.40. The smallest absolute Gasteiger partial charge is 0.267 e. The molecule has 0 atom stereocenters. The van der Waals surface area contributed by atoms with Crippen molar-refractivity contribution in [2.24, 2.45) is 0 Å². The van der Waals surface area contributed by atoms with Gasteiger partial charge in [0.05, 0.1) is 21.9 Å². The molecule has 0 unspecified atom stereocenters. The van der Waals surface area contributed by atoms with Gasteiger partial charge in [-0.3, -0.25) is 9.36 Å². The second-order valence-corrected chi connectivity index (χ2v) is 9.93. The van der Waals surface area contributed by atoms with Gasteiger partial charge in [0.25, 0.3) is 5.56 Å². The molecule has 172 valence electrons. The highest BCUT2D eigenvalue weighted by Gasteiger charge is 2.51. The van der Waals surface area contributed by atoms with Gasteiger partial charge in [-0.25, -0.2) is 9.38 Å². The van der Waals surface area contributed by atoms with E-state index in [9.17, 15) is 4.79 Å². The lowest BCUT2D eigenvalue weighted by atomic mass is 9.74. The van der Waals surface area contributed by atoms with Crippen molar-refractivity contribution in [2.75, 3.05) is 0 Å². The third kappa shape index (κ3) is 2.05. The van der Waals surface area contributed by atoms with Gasteiger partial charge in [-0.05, 0) is 51.6 Å². The molecular weight excluding hydrogens is 454 g/mol. The molecule has 7 aromatic rings. The Bertz CT molecular complexity index is 2140. The number of hydrogen-bond acceptors (Lipinski definition) is 2. The predicted molar refractivity (Wildman–Crippen MR) is 147 cm³/mol. The molecule has 0 radical (unpaired) electrons. The highest BCUT2D eigenvalue weighted by Crippen LogP contribution is 2.59. The fraction of sp³-hybridized carbons (Fsp3) is 0.0303. The fourth-order valence-corrected chi connectivity index (χ4v) is 6.97. The lowest BCUT2D eigenvalue weighted by Crippen LogP contribution is -2.38. The molecule has 0 saturated carbocycles. The van der Waals surface area contributed by atoms with Crippen LogP contribution in [0.1, 0.15) is 16.7 Å². The highest BCUT2D eigenvalue weighted by molar-refractivity contribution is 6.02. The van der Waals surface area contributed by atoms with E-state index in [2.05, 4.69) is 89.5 Å². The van der Waals surface area contributed by atoms with Crippen molar-refractivity contribution >= 4 is 27.7 Å². The van der Waals surface area contributed by atoms with Crippen molar-refractivity contribution in [2.45, 2.75) is 5.54 Å². The van der Waals surface area contributed by atoms with E-state index < -0.39 is 5.54 Å². The fourth-order valence-electron chi connectivity index (χ4n) is 6.97. The summed E-state index contributed by atoms with van der Waals surface area (Å²) in [6.45, 7) is 0. The number of para-hydroxylation sites is 2. The van der Waals surface area contributed by atoms with Gasteiger partial charge in [0.1, 0.15) is 5.54 Å². The van der Waals surface area contributed by atoms with Crippen LogP contribution in [0, 0.1) is 0 Å². The summed E-state index contributed by atoms with van der Waals surface area (Å²) in [5, 5.41) is 0.627. The molecule has 0 fully saturated rings. The monoisotopic (exact) mass is 473 g/mol. The number of rotatable bonds is 0. The molecule has 1 spiro atoms. The van der Waals surface area contributed by atoms with E-state index in [1.54, 1.807) is 0 Å². The SMILES string of the molecule is O=c1c2ccccc2nc2n3c4c(cccc4n12)-c1ccccc1C31c2ccccc2-c2ccccc21. The summed E-state index contributed by atoms with van der Waals surface area (Å²) < 4.78 is 4.16. The van der Waals surface area contributed by atoms with Crippen LogP contribution < -0.4 is 5.56 Å². The minimum Gasteiger partial charge on any atom is -0.290 e. The molecule has 2 aromatic heterocycles. The van der Waals surface area contributed by atoms with E-state index in [0.717, 1.165) is 16.6 Å². The number of fused-ring (bicyclic) bond motifs is 13. The predicted octanol–water partition coefficient (Wildman–Crippen LogP) is 6.60. The molecule has 3 heterocycles. The topological polar surface area (TPSA) is 39.3 Å².